The van der Waals surface area contributed by atoms with E-state index in [0.717, 1.165) is 123 Å². The number of carbonyl (C=O) groups excluding carboxylic acids is 1. The van der Waals surface area contributed by atoms with Gasteiger partial charge in [0.2, 0.25) is 5.91 Å². The van der Waals surface area contributed by atoms with Crippen LogP contribution in [-0.2, 0) is 11.3 Å². The summed E-state index contributed by atoms with van der Waals surface area (Å²) in [5, 5.41) is 6.24. The van der Waals surface area contributed by atoms with E-state index in [1.54, 1.807) is 0 Å². The van der Waals surface area contributed by atoms with Gasteiger partial charge in [-0.05, 0) is 119 Å². The lowest BCUT2D eigenvalue weighted by molar-refractivity contribution is -0.133. The third-order valence-electron chi connectivity index (χ3n) is 9.76. The predicted octanol–water partition coefficient (Wildman–Crippen LogP) is 4.24. The minimum absolute atomic E-state index is 0.319. The third-order valence-corrected chi connectivity index (χ3v) is 9.76. The molecule has 0 saturated carbocycles. The van der Waals surface area contributed by atoms with Crippen LogP contribution in [0.5, 0.6) is 0 Å². The number of benzene rings is 3. The molecule has 0 aromatic heterocycles. The van der Waals surface area contributed by atoms with Crippen LogP contribution in [-0.4, -0.2) is 98.3 Å². The van der Waals surface area contributed by atoms with Crippen molar-refractivity contribution >= 4 is 22.4 Å². The van der Waals surface area contributed by atoms with E-state index in [-0.39, 0.29) is 0 Å². The van der Waals surface area contributed by atoms with Crippen molar-refractivity contribution in [3.05, 3.63) is 78.4 Å². The number of unbranched alkanes of at least 4 members (excludes halogenated alkanes) is 1. The Morgan fingerprint density at radius 2 is 1.42 bits per heavy atom. The molecule has 2 fully saturated rings. The van der Waals surface area contributed by atoms with Crippen molar-refractivity contribution < 1.29 is 4.79 Å². The van der Waals surface area contributed by atoms with E-state index < -0.39 is 5.54 Å². The number of anilines is 1. The lowest BCUT2D eigenvalue weighted by atomic mass is 9.85. The van der Waals surface area contributed by atoms with E-state index >= 15 is 0 Å². The number of nitrogens with zero attached hydrogens (tertiary/aromatic N) is 4. The van der Waals surface area contributed by atoms with Gasteiger partial charge >= 0.3 is 0 Å². The van der Waals surface area contributed by atoms with Crippen LogP contribution >= 0.6 is 0 Å². The molecule has 2 heterocycles. The first-order valence-electron chi connectivity index (χ1n) is 17.3. The van der Waals surface area contributed by atoms with Gasteiger partial charge in [-0.15, -0.1) is 0 Å². The normalized spacial score (nSPS) is 16.9. The van der Waals surface area contributed by atoms with E-state index in [0.29, 0.717) is 12.6 Å². The number of hydrogen-bond donors (Lipinski definition) is 3. The Hall–Kier alpha value is -3.01. The number of nitrogens with two attached hydrogens (primary N) is 2. The number of hydrogen-bond acceptors (Lipinski definition) is 7. The molecule has 3 aromatic rings. The summed E-state index contributed by atoms with van der Waals surface area (Å²) in [7, 11) is 0. The molecular formula is C37H55N7O. The number of likely N-dealkylation sites (tertiary alicyclic amines) is 1. The molecule has 5 rings (SSSR count). The minimum atomic E-state index is -0.450. The molecule has 2 saturated heterocycles. The SMILES string of the molecule is NCCCN(CCCN)CCCNCCCCN1CN(c2ccccc2)C2(CCN(Cc3cccc4ccccc34)CC2)C1=O. The molecule has 0 radical (unpaired) electrons. The summed E-state index contributed by atoms with van der Waals surface area (Å²) in [5.41, 5.74) is 13.5. The number of amides is 1. The van der Waals surface area contributed by atoms with Gasteiger partial charge in [0, 0.05) is 31.9 Å². The fraction of sp³-hybridized carbons (Fsp3) is 0.541. The molecule has 244 valence electrons. The molecule has 2 aliphatic heterocycles. The molecular weight excluding hydrogens is 558 g/mol. The minimum Gasteiger partial charge on any atom is -0.339 e. The molecule has 8 nitrogen and oxygen atoms in total. The number of carbonyl (C=O) groups is 1. The van der Waals surface area contributed by atoms with Crippen LogP contribution in [0.25, 0.3) is 10.8 Å². The Morgan fingerprint density at radius 1 is 0.756 bits per heavy atom. The van der Waals surface area contributed by atoms with Gasteiger partial charge in [0.05, 0.1) is 6.67 Å². The first-order chi connectivity index (χ1) is 22.1. The second-order valence-electron chi connectivity index (χ2n) is 12.9. The van der Waals surface area contributed by atoms with Crippen molar-refractivity contribution in [3.63, 3.8) is 0 Å². The van der Waals surface area contributed by atoms with Crippen LogP contribution < -0.4 is 21.7 Å². The Labute approximate surface area is 270 Å². The van der Waals surface area contributed by atoms with Crippen molar-refractivity contribution in [2.24, 2.45) is 11.5 Å². The van der Waals surface area contributed by atoms with E-state index in [2.05, 4.69) is 97.7 Å². The van der Waals surface area contributed by atoms with Gasteiger partial charge in [0.25, 0.3) is 0 Å². The Morgan fingerprint density at radius 3 is 2.18 bits per heavy atom. The number of piperidine rings is 1. The van der Waals surface area contributed by atoms with E-state index in [4.69, 9.17) is 11.5 Å². The third kappa shape index (κ3) is 8.63. The second kappa shape index (κ2) is 17.1. The Kier molecular flexibility index (Phi) is 12.6. The highest BCUT2D eigenvalue weighted by atomic mass is 16.2. The maximum Gasteiger partial charge on any atom is 0.250 e. The van der Waals surface area contributed by atoms with Gasteiger partial charge in [-0.25, -0.2) is 0 Å². The summed E-state index contributed by atoms with van der Waals surface area (Å²) in [4.78, 5) is 23.7. The summed E-state index contributed by atoms with van der Waals surface area (Å²) in [6.07, 6.45) is 7.02. The van der Waals surface area contributed by atoms with Crippen molar-refractivity contribution in [2.45, 2.75) is 57.0 Å². The topological polar surface area (TPSA) is 94.1 Å². The molecule has 0 atom stereocenters. The van der Waals surface area contributed by atoms with Gasteiger partial charge in [-0.1, -0.05) is 60.7 Å². The van der Waals surface area contributed by atoms with Crippen LogP contribution in [0.1, 0.15) is 50.5 Å². The molecule has 3 aromatic carbocycles. The Balaban J connectivity index is 1.10. The summed E-state index contributed by atoms with van der Waals surface area (Å²) in [6, 6.07) is 25.8. The fourth-order valence-corrected chi connectivity index (χ4v) is 7.20. The van der Waals surface area contributed by atoms with Gasteiger partial charge in [0.1, 0.15) is 5.54 Å². The first kappa shape index (κ1) is 33.4. The van der Waals surface area contributed by atoms with Crippen molar-refractivity contribution in [2.75, 3.05) is 77.0 Å². The van der Waals surface area contributed by atoms with Gasteiger partial charge in [0.15, 0.2) is 0 Å². The number of nitrogens with one attached hydrogen (secondary N) is 1. The average molecular weight is 614 g/mol. The predicted molar refractivity (Wildman–Crippen MR) is 187 cm³/mol. The maximum absolute atomic E-state index is 14.2. The maximum atomic E-state index is 14.2. The second-order valence-corrected chi connectivity index (χ2v) is 12.9. The number of fused-ring (bicyclic) bond motifs is 1. The lowest BCUT2D eigenvalue weighted by Crippen LogP contribution is -2.56. The van der Waals surface area contributed by atoms with Gasteiger partial charge < -0.3 is 31.5 Å². The zero-order valence-corrected chi connectivity index (χ0v) is 27.2. The first-order valence-corrected chi connectivity index (χ1v) is 17.3. The smallest absolute Gasteiger partial charge is 0.250 e. The van der Waals surface area contributed by atoms with Crippen molar-refractivity contribution in [1.29, 1.82) is 0 Å². The molecule has 5 N–H and O–H groups in total. The van der Waals surface area contributed by atoms with Crippen molar-refractivity contribution in [3.8, 4) is 0 Å². The van der Waals surface area contributed by atoms with E-state index in [1.165, 1.54) is 16.3 Å². The zero-order chi connectivity index (χ0) is 31.3. The summed E-state index contributed by atoms with van der Waals surface area (Å²) >= 11 is 0. The zero-order valence-electron chi connectivity index (χ0n) is 27.2. The molecule has 0 unspecified atom stereocenters. The highest BCUT2D eigenvalue weighted by Crippen LogP contribution is 2.40. The summed E-state index contributed by atoms with van der Waals surface area (Å²) < 4.78 is 0. The standard InChI is InChI=1S/C37H55N7O/c38-20-9-24-41(25-10-21-39)26-11-23-40-22-6-7-27-43-31-44(34-15-2-1-3-16-34)37(36(43)45)18-28-42(29-19-37)30-33-14-8-13-32-12-4-5-17-35(32)33/h1-5,8,12-17,40H,6-7,9-11,18-31,38-39H2. The molecule has 1 amide bonds. The molecule has 2 aliphatic rings. The molecule has 0 bridgehead atoms. The Bertz CT molecular complexity index is 1300. The summed E-state index contributed by atoms with van der Waals surface area (Å²) in [5.74, 6) is 0.319. The highest BCUT2D eigenvalue weighted by Gasteiger charge is 2.53. The van der Waals surface area contributed by atoms with Crippen LogP contribution in [0.4, 0.5) is 5.69 Å². The van der Waals surface area contributed by atoms with Crippen molar-refractivity contribution in [1.82, 2.24) is 20.0 Å². The molecule has 0 aliphatic carbocycles. The van der Waals surface area contributed by atoms with Crippen LogP contribution in [0, 0.1) is 0 Å². The van der Waals surface area contributed by atoms with Gasteiger partial charge in [-0.3, -0.25) is 9.69 Å². The number of rotatable bonds is 18. The summed E-state index contributed by atoms with van der Waals surface area (Å²) in [6.45, 7) is 11.0. The van der Waals surface area contributed by atoms with Gasteiger partial charge in [-0.2, -0.15) is 0 Å². The van der Waals surface area contributed by atoms with Crippen LogP contribution in [0.2, 0.25) is 0 Å². The monoisotopic (exact) mass is 613 g/mol. The fourth-order valence-electron chi connectivity index (χ4n) is 7.20. The lowest BCUT2D eigenvalue weighted by Gasteiger charge is -2.43. The average Bonchev–Trinajstić information content (AvgIpc) is 3.34. The number of para-hydroxylation sites is 1. The van der Waals surface area contributed by atoms with Crippen LogP contribution in [0.15, 0.2) is 72.8 Å². The van der Waals surface area contributed by atoms with E-state index in [9.17, 15) is 4.79 Å². The quantitative estimate of drug-likeness (QED) is 0.185. The molecule has 45 heavy (non-hydrogen) atoms. The molecule has 8 heteroatoms. The highest BCUT2D eigenvalue weighted by molar-refractivity contribution is 5.93. The van der Waals surface area contributed by atoms with E-state index in [1.807, 2.05) is 0 Å². The molecule has 1 spiro atoms. The van der Waals surface area contributed by atoms with Crippen LogP contribution in [0.3, 0.4) is 0 Å². The largest absolute Gasteiger partial charge is 0.339 e.